The fourth-order valence-corrected chi connectivity index (χ4v) is 4.00. The molecule has 2 aromatic heterocycles. The number of hydrogen-bond acceptors (Lipinski definition) is 6. The number of amides is 2. The quantitative estimate of drug-likeness (QED) is 0.883. The number of aromatic nitrogens is 4. The van der Waals surface area contributed by atoms with E-state index in [-0.39, 0.29) is 6.03 Å². The minimum absolute atomic E-state index is 0.270. The van der Waals surface area contributed by atoms with Gasteiger partial charge in [-0.05, 0) is 12.8 Å². The first-order valence-corrected chi connectivity index (χ1v) is 9.13. The molecular formula is C15H20N6O2S. The molecule has 2 amide bonds. The number of urea groups is 1. The molecule has 0 atom stereocenters. The number of hydrogen-bond donors (Lipinski definition) is 2. The Hall–Kier alpha value is -2.00. The maximum Gasteiger partial charge on any atom is 0.321 e. The summed E-state index contributed by atoms with van der Waals surface area (Å²) in [6, 6.07) is -0.270. The Labute approximate surface area is 143 Å². The van der Waals surface area contributed by atoms with Crippen LogP contribution in [0.3, 0.4) is 0 Å². The Kier molecular flexibility index (Phi) is 4.44. The highest BCUT2D eigenvalue weighted by Crippen LogP contribution is 2.26. The molecule has 2 aliphatic heterocycles. The van der Waals surface area contributed by atoms with Crippen LogP contribution in [0.5, 0.6) is 0 Å². The Morgan fingerprint density at radius 1 is 1.25 bits per heavy atom. The number of thiazole rings is 1. The average Bonchev–Trinajstić information content (AvgIpc) is 3.08. The Bertz CT molecular complexity index is 717. The van der Waals surface area contributed by atoms with E-state index >= 15 is 0 Å². The molecule has 24 heavy (non-hydrogen) atoms. The van der Waals surface area contributed by atoms with E-state index in [1.54, 1.807) is 0 Å². The highest BCUT2D eigenvalue weighted by atomic mass is 32.1. The number of rotatable bonds is 3. The Balaban J connectivity index is 1.35. The predicted molar refractivity (Wildman–Crippen MR) is 88.9 cm³/mol. The van der Waals surface area contributed by atoms with E-state index in [0.717, 1.165) is 54.4 Å². The van der Waals surface area contributed by atoms with Crippen molar-refractivity contribution in [2.24, 2.45) is 0 Å². The van der Waals surface area contributed by atoms with Crippen molar-refractivity contribution in [3.05, 3.63) is 22.2 Å². The molecule has 4 rings (SSSR count). The SMILES string of the molecule is O=C(NCc1nnc2n1CCCCC2)Nc1nc2c(s1)COCC2. The lowest BCUT2D eigenvalue weighted by atomic mass is 10.2. The molecule has 2 aromatic rings. The summed E-state index contributed by atoms with van der Waals surface area (Å²) < 4.78 is 7.53. The lowest BCUT2D eigenvalue weighted by molar-refractivity contribution is 0.112. The van der Waals surface area contributed by atoms with Crippen LogP contribution in [-0.2, 0) is 37.3 Å². The second-order valence-corrected chi connectivity index (χ2v) is 7.08. The van der Waals surface area contributed by atoms with Crippen molar-refractivity contribution < 1.29 is 9.53 Å². The minimum Gasteiger partial charge on any atom is -0.375 e. The molecule has 0 aliphatic carbocycles. The molecule has 128 valence electrons. The van der Waals surface area contributed by atoms with Crippen molar-refractivity contribution in [3.8, 4) is 0 Å². The molecule has 0 fully saturated rings. The number of nitrogens with zero attached hydrogens (tertiary/aromatic N) is 4. The molecule has 0 spiro atoms. The van der Waals surface area contributed by atoms with E-state index in [0.29, 0.717) is 24.9 Å². The highest BCUT2D eigenvalue weighted by molar-refractivity contribution is 7.15. The summed E-state index contributed by atoms with van der Waals surface area (Å²) in [7, 11) is 0. The molecule has 2 N–H and O–H groups in total. The second kappa shape index (κ2) is 6.86. The van der Waals surface area contributed by atoms with Gasteiger partial charge in [-0.2, -0.15) is 0 Å². The van der Waals surface area contributed by atoms with Gasteiger partial charge in [0, 0.05) is 19.4 Å². The maximum absolute atomic E-state index is 12.1. The number of nitrogens with one attached hydrogen (secondary N) is 2. The van der Waals surface area contributed by atoms with Crippen molar-refractivity contribution in [1.29, 1.82) is 0 Å². The number of aryl methyl sites for hydroxylation is 1. The van der Waals surface area contributed by atoms with Gasteiger partial charge in [-0.15, -0.1) is 10.2 Å². The predicted octanol–water partition coefficient (Wildman–Crippen LogP) is 1.86. The Morgan fingerprint density at radius 2 is 2.21 bits per heavy atom. The monoisotopic (exact) mass is 348 g/mol. The third-order valence-electron chi connectivity index (χ3n) is 4.31. The van der Waals surface area contributed by atoms with Crippen LogP contribution in [0.25, 0.3) is 0 Å². The van der Waals surface area contributed by atoms with Crippen LogP contribution in [0, 0.1) is 0 Å². The van der Waals surface area contributed by atoms with E-state index in [1.807, 2.05) is 0 Å². The molecule has 2 aliphatic rings. The molecule has 0 bridgehead atoms. The zero-order valence-corrected chi connectivity index (χ0v) is 14.2. The average molecular weight is 348 g/mol. The Morgan fingerprint density at radius 3 is 3.12 bits per heavy atom. The van der Waals surface area contributed by atoms with Gasteiger partial charge in [-0.1, -0.05) is 17.8 Å². The number of carbonyl (C=O) groups is 1. The van der Waals surface area contributed by atoms with E-state index in [2.05, 4.69) is 30.4 Å². The van der Waals surface area contributed by atoms with E-state index in [4.69, 9.17) is 4.74 Å². The smallest absolute Gasteiger partial charge is 0.321 e. The fraction of sp³-hybridized carbons (Fsp3) is 0.600. The normalized spacial score (nSPS) is 16.8. The fourth-order valence-electron chi connectivity index (χ4n) is 3.06. The van der Waals surface area contributed by atoms with Crippen molar-refractivity contribution in [3.63, 3.8) is 0 Å². The van der Waals surface area contributed by atoms with Crippen LogP contribution in [0.15, 0.2) is 0 Å². The standard InChI is InChI=1S/C15H20N6O2S/c22-14(18-15-17-10-5-7-23-9-11(10)24-15)16-8-13-20-19-12-4-2-1-3-6-21(12)13/h1-9H2,(H2,16,17,18,22). The van der Waals surface area contributed by atoms with Crippen LogP contribution >= 0.6 is 11.3 Å². The van der Waals surface area contributed by atoms with Gasteiger partial charge in [-0.25, -0.2) is 9.78 Å². The summed E-state index contributed by atoms with van der Waals surface area (Å²) in [6.45, 7) is 2.58. The molecule has 8 nitrogen and oxygen atoms in total. The largest absolute Gasteiger partial charge is 0.375 e. The van der Waals surface area contributed by atoms with Gasteiger partial charge >= 0.3 is 6.03 Å². The summed E-state index contributed by atoms with van der Waals surface area (Å²) >= 11 is 1.47. The number of fused-ring (bicyclic) bond motifs is 2. The molecule has 0 aromatic carbocycles. The molecule has 0 unspecified atom stereocenters. The molecule has 0 radical (unpaired) electrons. The van der Waals surface area contributed by atoms with Gasteiger partial charge in [0.05, 0.1) is 30.3 Å². The third-order valence-corrected chi connectivity index (χ3v) is 5.29. The van der Waals surface area contributed by atoms with Gasteiger partial charge in [0.1, 0.15) is 5.82 Å². The van der Waals surface area contributed by atoms with Gasteiger partial charge < -0.3 is 14.6 Å². The number of anilines is 1. The topological polar surface area (TPSA) is 94.0 Å². The van der Waals surface area contributed by atoms with Crippen LogP contribution in [0.2, 0.25) is 0 Å². The first-order valence-electron chi connectivity index (χ1n) is 8.32. The summed E-state index contributed by atoms with van der Waals surface area (Å²) in [5.41, 5.74) is 1.03. The number of ether oxygens (including phenoxy) is 1. The van der Waals surface area contributed by atoms with Crippen molar-refractivity contribution in [2.45, 2.75) is 51.8 Å². The van der Waals surface area contributed by atoms with E-state index in [1.165, 1.54) is 17.8 Å². The lowest BCUT2D eigenvalue weighted by Crippen LogP contribution is -2.29. The van der Waals surface area contributed by atoms with Gasteiger partial charge in [0.25, 0.3) is 0 Å². The zero-order chi connectivity index (χ0) is 16.4. The third kappa shape index (κ3) is 3.27. The van der Waals surface area contributed by atoms with Crippen molar-refractivity contribution >= 4 is 22.5 Å². The van der Waals surface area contributed by atoms with E-state index < -0.39 is 0 Å². The first-order chi connectivity index (χ1) is 11.8. The van der Waals surface area contributed by atoms with Crippen molar-refractivity contribution in [1.82, 2.24) is 25.1 Å². The van der Waals surface area contributed by atoms with Gasteiger partial charge in [0.15, 0.2) is 11.0 Å². The first kappa shape index (κ1) is 15.5. The lowest BCUT2D eigenvalue weighted by Gasteiger charge is -2.08. The molecule has 4 heterocycles. The molecular weight excluding hydrogens is 328 g/mol. The zero-order valence-electron chi connectivity index (χ0n) is 13.4. The summed E-state index contributed by atoms with van der Waals surface area (Å²) in [4.78, 5) is 17.7. The molecule has 0 saturated heterocycles. The summed E-state index contributed by atoms with van der Waals surface area (Å²) in [6.07, 6.45) is 5.28. The van der Waals surface area contributed by atoms with Crippen LogP contribution in [-0.4, -0.2) is 32.4 Å². The molecule has 0 saturated carbocycles. The van der Waals surface area contributed by atoms with Crippen molar-refractivity contribution in [2.75, 3.05) is 11.9 Å². The maximum atomic E-state index is 12.1. The van der Waals surface area contributed by atoms with Crippen LogP contribution in [0.1, 0.15) is 41.5 Å². The summed E-state index contributed by atoms with van der Waals surface area (Å²) in [5, 5.41) is 14.7. The molecule has 9 heteroatoms. The highest BCUT2D eigenvalue weighted by Gasteiger charge is 2.18. The van der Waals surface area contributed by atoms with Gasteiger partial charge in [-0.3, -0.25) is 5.32 Å². The van der Waals surface area contributed by atoms with Crippen LogP contribution in [0.4, 0.5) is 9.93 Å². The second-order valence-electron chi connectivity index (χ2n) is 5.99. The minimum atomic E-state index is -0.270. The van der Waals surface area contributed by atoms with E-state index in [9.17, 15) is 4.79 Å². The van der Waals surface area contributed by atoms with Crippen LogP contribution < -0.4 is 10.6 Å². The summed E-state index contributed by atoms with van der Waals surface area (Å²) in [5.74, 6) is 1.84. The number of carbonyl (C=O) groups excluding carboxylic acids is 1. The van der Waals surface area contributed by atoms with Gasteiger partial charge in [0.2, 0.25) is 0 Å².